The van der Waals surface area contributed by atoms with Gasteiger partial charge in [-0.1, -0.05) is 0 Å². The molecule has 0 fully saturated rings. The number of nitro groups is 1. The molecule has 110 valence electrons. The summed E-state index contributed by atoms with van der Waals surface area (Å²) in [5.74, 6) is 5.35. The smallest absolute Gasteiger partial charge is 0.316 e. The minimum atomic E-state index is -0.713. The van der Waals surface area contributed by atoms with Gasteiger partial charge in [-0.15, -0.1) is 0 Å². The molecule has 1 aromatic carbocycles. The lowest BCUT2D eigenvalue weighted by Crippen LogP contribution is -2.39. The third-order valence-corrected chi connectivity index (χ3v) is 3.03. The molecule has 2 aromatic rings. The van der Waals surface area contributed by atoms with E-state index < -0.39 is 16.0 Å². The maximum absolute atomic E-state index is 11.9. The van der Waals surface area contributed by atoms with Crippen molar-refractivity contribution in [3.05, 3.63) is 67.0 Å². The number of nitrogens with two attached hydrogens (primary N) is 1. The Balaban J connectivity index is 2.50. The molecule has 0 atom stereocenters. The molecule has 9 nitrogen and oxygen atoms in total. The van der Waals surface area contributed by atoms with Crippen LogP contribution in [0.5, 0.6) is 0 Å². The molecule has 1 heterocycles. The highest BCUT2D eigenvalue weighted by Gasteiger charge is 2.12. The first kappa shape index (κ1) is 14.5. The van der Waals surface area contributed by atoms with Gasteiger partial charge in [-0.3, -0.25) is 25.5 Å². The zero-order valence-electron chi connectivity index (χ0n) is 11.1. The van der Waals surface area contributed by atoms with Crippen molar-refractivity contribution in [2.24, 2.45) is 12.9 Å². The van der Waals surface area contributed by atoms with Gasteiger partial charge in [-0.05, 0) is 6.07 Å². The number of benzene rings is 1. The maximum Gasteiger partial charge on any atom is 0.316 e. The summed E-state index contributed by atoms with van der Waals surface area (Å²) in [5, 5.41) is 10.8. The fourth-order valence-corrected chi connectivity index (χ4v) is 1.86. The molecular formula is C12H13N5O4. The second-order valence-electron chi connectivity index (χ2n) is 4.39. The van der Waals surface area contributed by atoms with Crippen molar-refractivity contribution in [1.29, 1.82) is 0 Å². The van der Waals surface area contributed by atoms with Crippen molar-refractivity contribution in [2.75, 3.05) is 5.43 Å². The monoisotopic (exact) mass is 291 g/mol. The van der Waals surface area contributed by atoms with Crippen LogP contribution in [0.3, 0.4) is 0 Å². The Hall–Kier alpha value is -2.94. The summed E-state index contributed by atoms with van der Waals surface area (Å²) in [5.41, 5.74) is 1.76. The molecular weight excluding hydrogens is 278 g/mol. The quantitative estimate of drug-likeness (QED) is 0.347. The third-order valence-electron chi connectivity index (χ3n) is 3.03. The van der Waals surface area contributed by atoms with Crippen LogP contribution in [0.2, 0.25) is 0 Å². The minimum absolute atomic E-state index is 0.00384. The fourth-order valence-electron chi connectivity index (χ4n) is 1.86. The van der Waals surface area contributed by atoms with Gasteiger partial charge in [-0.25, -0.2) is 0 Å². The molecule has 0 amide bonds. The fraction of sp³-hybridized carbons (Fsp3) is 0.167. The summed E-state index contributed by atoms with van der Waals surface area (Å²) in [6.07, 6.45) is 2.87. The number of aromatic nitrogens is 2. The van der Waals surface area contributed by atoms with E-state index in [0.29, 0.717) is 11.3 Å². The van der Waals surface area contributed by atoms with E-state index in [1.54, 1.807) is 0 Å². The minimum Gasteiger partial charge on any atom is -0.324 e. The van der Waals surface area contributed by atoms with Crippen molar-refractivity contribution in [2.45, 2.75) is 6.54 Å². The van der Waals surface area contributed by atoms with Crippen LogP contribution in [-0.4, -0.2) is 14.1 Å². The molecule has 2 rings (SSSR count). The number of anilines is 1. The molecule has 0 unspecified atom stereocenters. The summed E-state index contributed by atoms with van der Waals surface area (Å²) in [4.78, 5) is 33.7. The van der Waals surface area contributed by atoms with E-state index in [1.807, 2.05) is 0 Å². The van der Waals surface area contributed by atoms with E-state index >= 15 is 0 Å². The SMILES string of the molecule is Cn1ccn(Cc2cc([N+](=O)[O-])ccc2NN)c(=O)c1=O. The Bertz CT molecular complexity index is 808. The van der Waals surface area contributed by atoms with Crippen LogP contribution in [0.25, 0.3) is 0 Å². The number of aryl methyl sites for hydroxylation is 1. The van der Waals surface area contributed by atoms with Crippen LogP contribution in [0.15, 0.2) is 40.2 Å². The van der Waals surface area contributed by atoms with Gasteiger partial charge in [0.1, 0.15) is 0 Å². The van der Waals surface area contributed by atoms with Crippen LogP contribution < -0.4 is 22.4 Å². The standard InChI is InChI=1S/C12H13N5O4/c1-15-4-5-16(12(19)11(15)18)7-8-6-9(17(20)21)2-3-10(8)14-13/h2-6,14H,7,13H2,1H3. The number of hydrazine groups is 1. The highest BCUT2D eigenvalue weighted by molar-refractivity contribution is 5.55. The first-order valence-corrected chi connectivity index (χ1v) is 5.94. The summed E-state index contributed by atoms with van der Waals surface area (Å²) in [6.45, 7) is -0.00384. The Morgan fingerprint density at radius 2 is 2.00 bits per heavy atom. The molecule has 0 radical (unpaired) electrons. The molecule has 9 heteroatoms. The molecule has 0 spiro atoms. The molecule has 0 aliphatic rings. The maximum atomic E-state index is 11.9. The lowest BCUT2D eigenvalue weighted by molar-refractivity contribution is -0.384. The second kappa shape index (κ2) is 5.59. The Morgan fingerprint density at radius 3 is 2.62 bits per heavy atom. The number of hydrogen-bond donors (Lipinski definition) is 2. The molecule has 0 aliphatic carbocycles. The van der Waals surface area contributed by atoms with Crippen LogP contribution in [0.4, 0.5) is 11.4 Å². The van der Waals surface area contributed by atoms with Crippen LogP contribution in [0.1, 0.15) is 5.56 Å². The van der Waals surface area contributed by atoms with Crippen molar-refractivity contribution >= 4 is 11.4 Å². The molecule has 0 saturated heterocycles. The van der Waals surface area contributed by atoms with E-state index in [9.17, 15) is 19.7 Å². The second-order valence-corrected chi connectivity index (χ2v) is 4.39. The Labute approximate surface area is 118 Å². The molecule has 1 aromatic heterocycles. The van der Waals surface area contributed by atoms with Crippen molar-refractivity contribution in [1.82, 2.24) is 9.13 Å². The lowest BCUT2D eigenvalue weighted by Gasteiger charge is -2.10. The summed E-state index contributed by atoms with van der Waals surface area (Å²) < 4.78 is 2.33. The number of rotatable bonds is 4. The van der Waals surface area contributed by atoms with E-state index in [0.717, 1.165) is 4.57 Å². The van der Waals surface area contributed by atoms with Gasteiger partial charge in [-0.2, -0.15) is 0 Å². The number of hydrogen-bond acceptors (Lipinski definition) is 6. The topological polar surface area (TPSA) is 125 Å². The van der Waals surface area contributed by atoms with Crippen molar-refractivity contribution in [3.8, 4) is 0 Å². The van der Waals surface area contributed by atoms with Gasteiger partial charge in [0.25, 0.3) is 5.69 Å². The van der Waals surface area contributed by atoms with Gasteiger partial charge in [0.05, 0.1) is 17.2 Å². The van der Waals surface area contributed by atoms with Gasteiger partial charge in [0.2, 0.25) is 0 Å². The molecule has 0 aliphatic heterocycles. The van der Waals surface area contributed by atoms with Gasteiger partial charge in [0, 0.05) is 37.1 Å². The zero-order chi connectivity index (χ0) is 15.6. The largest absolute Gasteiger partial charge is 0.324 e. The van der Waals surface area contributed by atoms with Crippen LogP contribution in [0, 0.1) is 10.1 Å². The number of nitrogens with zero attached hydrogens (tertiary/aromatic N) is 3. The average Bonchev–Trinajstić information content (AvgIpc) is 2.47. The Kier molecular flexibility index (Phi) is 3.85. The van der Waals surface area contributed by atoms with E-state index in [4.69, 9.17) is 5.84 Å². The average molecular weight is 291 g/mol. The number of nitrogens with one attached hydrogen (secondary N) is 1. The van der Waals surface area contributed by atoms with Crippen molar-refractivity contribution < 1.29 is 4.92 Å². The zero-order valence-corrected chi connectivity index (χ0v) is 11.1. The normalized spacial score (nSPS) is 10.4. The Morgan fingerprint density at radius 1 is 1.29 bits per heavy atom. The van der Waals surface area contributed by atoms with Crippen LogP contribution >= 0.6 is 0 Å². The lowest BCUT2D eigenvalue weighted by atomic mass is 10.1. The summed E-state index contributed by atoms with van der Waals surface area (Å²) >= 11 is 0. The predicted octanol–water partition coefficient (Wildman–Crippen LogP) is -0.211. The molecule has 0 bridgehead atoms. The van der Waals surface area contributed by atoms with Gasteiger partial charge < -0.3 is 14.6 Å². The highest BCUT2D eigenvalue weighted by atomic mass is 16.6. The van der Waals surface area contributed by atoms with E-state index in [-0.39, 0.29) is 12.2 Å². The number of nitrogen functional groups attached to an aromatic ring is 1. The highest BCUT2D eigenvalue weighted by Crippen LogP contribution is 2.21. The number of non-ortho nitro benzene ring substituents is 1. The van der Waals surface area contributed by atoms with Gasteiger partial charge >= 0.3 is 11.1 Å². The van der Waals surface area contributed by atoms with E-state index in [2.05, 4.69) is 5.43 Å². The summed E-state index contributed by atoms with van der Waals surface area (Å²) in [6, 6.07) is 4.05. The van der Waals surface area contributed by atoms with Crippen LogP contribution in [-0.2, 0) is 13.6 Å². The predicted molar refractivity (Wildman–Crippen MR) is 76.0 cm³/mol. The summed E-state index contributed by atoms with van der Waals surface area (Å²) in [7, 11) is 1.47. The molecule has 3 N–H and O–H groups in total. The number of nitro benzene ring substituents is 1. The van der Waals surface area contributed by atoms with Gasteiger partial charge in [0.15, 0.2) is 0 Å². The molecule has 0 saturated carbocycles. The first-order chi connectivity index (χ1) is 9.93. The van der Waals surface area contributed by atoms with Crippen molar-refractivity contribution in [3.63, 3.8) is 0 Å². The third kappa shape index (κ3) is 2.82. The first-order valence-electron chi connectivity index (χ1n) is 5.94. The van der Waals surface area contributed by atoms with E-state index in [1.165, 1.54) is 42.2 Å². The molecule has 21 heavy (non-hydrogen) atoms.